The molecule has 2 rings (SSSR count). The molecule has 1 aromatic heterocycles. The van der Waals surface area contributed by atoms with Crippen LogP contribution in [0.15, 0.2) is 18.3 Å². The smallest absolute Gasteiger partial charge is 0.142 e. The van der Waals surface area contributed by atoms with Gasteiger partial charge in [-0.05, 0) is 11.6 Å². The van der Waals surface area contributed by atoms with Crippen LogP contribution < -0.4 is 5.73 Å². The van der Waals surface area contributed by atoms with E-state index in [9.17, 15) is 10.2 Å². The summed E-state index contributed by atoms with van der Waals surface area (Å²) in [5.74, 6) is -0.0686. The summed E-state index contributed by atoms with van der Waals surface area (Å²) in [6.45, 7) is 1.37. The van der Waals surface area contributed by atoms with Crippen molar-refractivity contribution in [3.05, 3.63) is 29.6 Å². The summed E-state index contributed by atoms with van der Waals surface area (Å²) in [7, 11) is 0. The Balaban J connectivity index is 2.11. The lowest BCUT2D eigenvalue weighted by Gasteiger charge is -2.16. The SMILES string of the molecule is N=C(N)c1ncccc1CN1CC(O)C(O)C1. The van der Waals surface area contributed by atoms with E-state index in [1.807, 2.05) is 11.0 Å². The fourth-order valence-corrected chi connectivity index (χ4v) is 2.03. The Morgan fingerprint density at radius 1 is 1.47 bits per heavy atom. The Labute approximate surface area is 99.2 Å². The molecule has 6 heteroatoms. The van der Waals surface area contributed by atoms with Gasteiger partial charge in [0.05, 0.1) is 12.2 Å². The number of aliphatic hydroxyl groups is 2. The van der Waals surface area contributed by atoms with Crippen molar-refractivity contribution in [2.24, 2.45) is 5.73 Å². The van der Waals surface area contributed by atoms with Gasteiger partial charge in [0.1, 0.15) is 11.5 Å². The molecule has 0 spiro atoms. The van der Waals surface area contributed by atoms with Crippen LogP contribution in [-0.4, -0.2) is 51.2 Å². The minimum absolute atomic E-state index is 0.0686. The lowest BCUT2D eigenvalue weighted by molar-refractivity contribution is 0.0572. The Bertz CT molecular complexity index is 414. The maximum atomic E-state index is 9.45. The lowest BCUT2D eigenvalue weighted by atomic mass is 10.1. The number of pyridine rings is 1. The number of nitrogens with one attached hydrogen (secondary N) is 1. The molecule has 0 bridgehead atoms. The van der Waals surface area contributed by atoms with Gasteiger partial charge in [0.2, 0.25) is 0 Å². The van der Waals surface area contributed by atoms with Crippen molar-refractivity contribution >= 4 is 5.84 Å². The summed E-state index contributed by atoms with van der Waals surface area (Å²) in [5, 5.41) is 26.3. The minimum Gasteiger partial charge on any atom is -0.389 e. The van der Waals surface area contributed by atoms with Crippen molar-refractivity contribution < 1.29 is 10.2 Å². The highest BCUT2D eigenvalue weighted by Gasteiger charge is 2.29. The largest absolute Gasteiger partial charge is 0.389 e. The molecule has 5 N–H and O–H groups in total. The second kappa shape index (κ2) is 4.79. The predicted molar refractivity (Wildman–Crippen MR) is 62.5 cm³/mol. The van der Waals surface area contributed by atoms with Crippen molar-refractivity contribution in [3.8, 4) is 0 Å². The number of hydrogen-bond acceptors (Lipinski definition) is 5. The summed E-state index contributed by atoms with van der Waals surface area (Å²) in [4.78, 5) is 5.97. The van der Waals surface area contributed by atoms with E-state index in [1.165, 1.54) is 0 Å². The maximum absolute atomic E-state index is 9.45. The van der Waals surface area contributed by atoms with Crippen molar-refractivity contribution in [1.82, 2.24) is 9.88 Å². The average molecular weight is 236 g/mol. The molecule has 2 heterocycles. The zero-order valence-electron chi connectivity index (χ0n) is 9.37. The summed E-state index contributed by atoms with van der Waals surface area (Å²) in [6, 6.07) is 3.63. The highest BCUT2D eigenvalue weighted by atomic mass is 16.3. The number of hydrogen-bond donors (Lipinski definition) is 4. The second-order valence-electron chi connectivity index (χ2n) is 4.25. The van der Waals surface area contributed by atoms with E-state index in [2.05, 4.69) is 4.98 Å². The molecule has 1 saturated heterocycles. The molecule has 0 saturated carbocycles. The zero-order chi connectivity index (χ0) is 12.4. The highest BCUT2D eigenvalue weighted by Crippen LogP contribution is 2.15. The van der Waals surface area contributed by atoms with Gasteiger partial charge >= 0.3 is 0 Å². The van der Waals surface area contributed by atoms with Crippen molar-refractivity contribution in [2.45, 2.75) is 18.8 Å². The van der Waals surface area contributed by atoms with Crippen molar-refractivity contribution in [2.75, 3.05) is 13.1 Å². The van der Waals surface area contributed by atoms with E-state index in [-0.39, 0.29) is 5.84 Å². The summed E-state index contributed by atoms with van der Waals surface area (Å²) < 4.78 is 0. The van der Waals surface area contributed by atoms with Crippen molar-refractivity contribution in [1.29, 1.82) is 5.41 Å². The number of likely N-dealkylation sites (tertiary alicyclic amines) is 1. The van der Waals surface area contributed by atoms with E-state index in [4.69, 9.17) is 11.1 Å². The fourth-order valence-electron chi connectivity index (χ4n) is 2.03. The number of rotatable bonds is 3. The third kappa shape index (κ3) is 2.60. The molecule has 2 atom stereocenters. The van der Waals surface area contributed by atoms with E-state index in [0.29, 0.717) is 25.3 Å². The average Bonchev–Trinajstić information content (AvgIpc) is 2.58. The van der Waals surface area contributed by atoms with Gasteiger partial charge in [-0.1, -0.05) is 6.07 Å². The molecule has 0 aliphatic carbocycles. The molecule has 1 aliphatic heterocycles. The van der Waals surface area contributed by atoms with Crippen LogP contribution in [0, 0.1) is 5.41 Å². The first-order chi connectivity index (χ1) is 8.08. The Morgan fingerprint density at radius 2 is 2.12 bits per heavy atom. The molecule has 17 heavy (non-hydrogen) atoms. The van der Waals surface area contributed by atoms with Gasteiger partial charge in [-0.15, -0.1) is 0 Å². The van der Waals surface area contributed by atoms with Crippen LogP contribution in [0.5, 0.6) is 0 Å². The number of nitrogens with zero attached hydrogens (tertiary/aromatic N) is 2. The highest BCUT2D eigenvalue weighted by molar-refractivity contribution is 5.94. The third-order valence-electron chi connectivity index (χ3n) is 2.88. The van der Waals surface area contributed by atoms with Gasteiger partial charge in [0.15, 0.2) is 0 Å². The van der Waals surface area contributed by atoms with Crippen LogP contribution in [0.3, 0.4) is 0 Å². The zero-order valence-corrected chi connectivity index (χ0v) is 9.37. The Morgan fingerprint density at radius 3 is 2.71 bits per heavy atom. The summed E-state index contributed by atoms with van der Waals surface area (Å²) >= 11 is 0. The van der Waals surface area contributed by atoms with Crippen LogP contribution in [0.1, 0.15) is 11.3 Å². The molecule has 0 aromatic carbocycles. The second-order valence-corrected chi connectivity index (χ2v) is 4.25. The van der Waals surface area contributed by atoms with Crippen LogP contribution in [0.4, 0.5) is 0 Å². The Kier molecular flexibility index (Phi) is 3.37. The first-order valence-electron chi connectivity index (χ1n) is 5.44. The number of aliphatic hydroxyl groups excluding tert-OH is 2. The number of nitrogen functional groups attached to an aromatic ring is 1. The first-order valence-corrected chi connectivity index (χ1v) is 5.44. The molecule has 1 fully saturated rings. The number of aromatic nitrogens is 1. The standard InChI is InChI=1S/C11H16N4O2/c12-11(13)10-7(2-1-3-14-10)4-15-5-8(16)9(17)6-15/h1-3,8-9,16-17H,4-6H2,(H3,12,13). The molecule has 0 amide bonds. The lowest BCUT2D eigenvalue weighted by Crippen LogP contribution is -2.24. The van der Waals surface area contributed by atoms with Crippen LogP contribution in [0.25, 0.3) is 0 Å². The minimum atomic E-state index is -0.701. The van der Waals surface area contributed by atoms with Gasteiger partial charge in [0, 0.05) is 25.8 Å². The maximum Gasteiger partial charge on any atom is 0.142 e. The van der Waals surface area contributed by atoms with Gasteiger partial charge in [-0.25, -0.2) is 0 Å². The molecular formula is C11H16N4O2. The quantitative estimate of drug-likeness (QED) is 0.394. The molecule has 2 unspecified atom stereocenters. The predicted octanol–water partition coefficient (Wildman–Crippen LogP) is -1.10. The number of nitrogens with two attached hydrogens (primary N) is 1. The van der Waals surface area contributed by atoms with E-state index in [1.54, 1.807) is 12.3 Å². The molecule has 92 valence electrons. The van der Waals surface area contributed by atoms with Crippen LogP contribution in [0.2, 0.25) is 0 Å². The van der Waals surface area contributed by atoms with Crippen molar-refractivity contribution in [3.63, 3.8) is 0 Å². The van der Waals surface area contributed by atoms with Gasteiger partial charge in [0.25, 0.3) is 0 Å². The fraction of sp³-hybridized carbons (Fsp3) is 0.455. The van der Waals surface area contributed by atoms with E-state index < -0.39 is 12.2 Å². The van der Waals surface area contributed by atoms with Gasteiger partial charge < -0.3 is 15.9 Å². The van der Waals surface area contributed by atoms with Crippen LogP contribution >= 0.6 is 0 Å². The molecule has 1 aliphatic rings. The third-order valence-corrected chi connectivity index (χ3v) is 2.88. The summed E-state index contributed by atoms with van der Waals surface area (Å²) in [5.41, 5.74) is 6.74. The molecule has 0 radical (unpaired) electrons. The normalized spacial score (nSPS) is 25.1. The van der Waals surface area contributed by atoms with Crippen LogP contribution in [-0.2, 0) is 6.54 Å². The van der Waals surface area contributed by atoms with Gasteiger partial charge in [-0.2, -0.15) is 0 Å². The van der Waals surface area contributed by atoms with Gasteiger partial charge in [-0.3, -0.25) is 15.3 Å². The molecule has 1 aromatic rings. The number of β-amino-alcohol motifs (C(OH)–C–C–N with tert-alkyl or cyclic N) is 2. The Hall–Kier alpha value is -1.50. The monoisotopic (exact) mass is 236 g/mol. The van der Waals surface area contributed by atoms with E-state index >= 15 is 0 Å². The first kappa shape index (κ1) is 12.0. The molecule has 6 nitrogen and oxygen atoms in total. The topological polar surface area (TPSA) is 106 Å². The summed E-state index contributed by atoms with van der Waals surface area (Å²) in [6.07, 6.45) is 0.188. The number of amidine groups is 1. The molecular weight excluding hydrogens is 220 g/mol. The van der Waals surface area contributed by atoms with E-state index in [0.717, 1.165) is 5.56 Å².